The molecule has 0 radical (unpaired) electrons. The number of rotatable bonds is 11. The zero-order chi connectivity index (χ0) is 25.4. The Morgan fingerprint density at radius 2 is 1.77 bits per heavy atom. The molecule has 0 fully saturated rings. The second-order valence-corrected chi connectivity index (χ2v) is 9.99. The first kappa shape index (κ1) is 26.3. The maximum absolute atomic E-state index is 12.4. The van der Waals surface area contributed by atoms with E-state index in [1.807, 2.05) is 63.4 Å². The highest BCUT2D eigenvalue weighted by atomic mass is 16.6. The third kappa shape index (κ3) is 8.14. The molecule has 0 aliphatic heterocycles. The van der Waals surface area contributed by atoms with Gasteiger partial charge in [0.2, 0.25) is 0 Å². The number of nitrogens with one attached hydrogen (secondary N) is 3. The lowest BCUT2D eigenvalue weighted by Gasteiger charge is -2.27. The Hall–Kier alpha value is -3.32. The lowest BCUT2D eigenvalue weighted by Crippen LogP contribution is -2.44. The fourth-order valence-electron chi connectivity index (χ4n) is 4.25. The average molecular weight is 480 g/mol. The molecule has 2 atom stereocenters. The molecule has 0 aliphatic rings. The Bertz CT molecular complexity index is 1130. The van der Waals surface area contributed by atoms with Crippen molar-refractivity contribution in [2.75, 3.05) is 6.54 Å². The van der Waals surface area contributed by atoms with E-state index in [4.69, 9.17) is 4.74 Å². The molecule has 0 spiro atoms. The van der Waals surface area contributed by atoms with Crippen LogP contribution in [0.25, 0.3) is 10.9 Å². The maximum Gasteiger partial charge on any atom is 0.407 e. The molecule has 4 N–H and O–H groups in total. The van der Waals surface area contributed by atoms with Crippen LogP contribution in [0.1, 0.15) is 62.8 Å². The van der Waals surface area contributed by atoms with Crippen molar-refractivity contribution in [3.63, 3.8) is 0 Å². The number of carbonyl (C=O) groups excluding carboxylic acids is 1. The zero-order valence-electron chi connectivity index (χ0n) is 21.1. The van der Waals surface area contributed by atoms with Crippen LogP contribution in [0.2, 0.25) is 0 Å². The van der Waals surface area contributed by atoms with Gasteiger partial charge in [0.05, 0.1) is 0 Å². The zero-order valence-corrected chi connectivity index (χ0v) is 21.1. The Kier molecular flexibility index (Phi) is 8.93. The van der Waals surface area contributed by atoms with Gasteiger partial charge in [0.15, 0.2) is 0 Å². The Labute approximate surface area is 207 Å². The van der Waals surface area contributed by atoms with Crippen LogP contribution in [0.5, 0.6) is 0 Å². The summed E-state index contributed by atoms with van der Waals surface area (Å²) in [6.45, 7) is 7.96. The smallest absolute Gasteiger partial charge is 0.407 e. The third-order valence-corrected chi connectivity index (χ3v) is 6.00. The molecule has 35 heavy (non-hydrogen) atoms. The molecule has 1 amide bonds. The second kappa shape index (κ2) is 11.9. The van der Waals surface area contributed by atoms with Crippen molar-refractivity contribution in [3.05, 3.63) is 71.4 Å². The highest BCUT2D eigenvalue weighted by molar-refractivity contribution is 5.83. The van der Waals surface area contributed by atoms with Crippen molar-refractivity contribution in [2.45, 2.75) is 71.1 Å². The molecule has 0 aliphatic carbocycles. The summed E-state index contributed by atoms with van der Waals surface area (Å²) in [4.78, 5) is 27.1. The number of ether oxygens (including phenoxy) is 1. The summed E-state index contributed by atoms with van der Waals surface area (Å²) in [5.74, 6) is -0.833. The van der Waals surface area contributed by atoms with Crippen LogP contribution in [0.15, 0.2) is 54.7 Å². The number of aliphatic carboxylic acids is 1. The lowest BCUT2D eigenvalue weighted by atomic mass is 9.97. The van der Waals surface area contributed by atoms with E-state index in [1.54, 1.807) is 0 Å². The van der Waals surface area contributed by atoms with E-state index < -0.39 is 17.7 Å². The molecule has 0 saturated carbocycles. The third-order valence-electron chi connectivity index (χ3n) is 6.00. The quantitative estimate of drug-likeness (QED) is 0.291. The SMILES string of the molecule is Cc1ccccc1CCC(CNC(=O)OC(C)(C)C)N[C@H](CCC(=O)O)c1c[nH]c2ccccc12. The van der Waals surface area contributed by atoms with Crippen molar-refractivity contribution < 1.29 is 19.4 Å². The van der Waals surface area contributed by atoms with Crippen LogP contribution >= 0.6 is 0 Å². The molecule has 3 rings (SSSR count). The van der Waals surface area contributed by atoms with Crippen molar-refractivity contribution in [1.82, 2.24) is 15.6 Å². The number of alkyl carbamates (subject to hydrolysis) is 1. The minimum atomic E-state index is -0.833. The molecule has 0 saturated heterocycles. The lowest BCUT2D eigenvalue weighted by molar-refractivity contribution is -0.137. The van der Waals surface area contributed by atoms with E-state index >= 15 is 0 Å². The minimum absolute atomic E-state index is 0.0428. The average Bonchev–Trinajstić information content (AvgIpc) is 3.22. The molecular formula is C28H37N3O4. The Morgan fingerprint density at radius 3 is 2.49 bits per heavy atom. The van der Waals surface area contributed by atoms with E-state index in [-0.39, 0.29) is 18.5 Å². The van der Waals surface area contributed by atoms with Gasteiger partial charge in [-0.2, -0.15) is 0 Å². The number of aryl methyl sites for hydroxylation is 2. The second-order valence-electron chi connectivity index (χ2n) is 9.99. The Morgan fingerprint density at radius 1 is 1.06 bits per heavy atom. The summed E-state index contributed by atoms with van der Waals surface area (Å²) in [5, 5.41) is 17.0. The van der Waals surface area contributed by atoms with Gasteiger partial charge in [0.25, 0.3) is 0 Å². The number of fused-ring (bicyclic) bond motifs is 1. The summed E-state index contributed by atoms with van der Waals surface area (Å²) in [7, 11) is 0. The van der Waals surface area contributed by atoms with E-state index in [9.17, 15) is 14.7 Å². The van der Waals surface area contributed by atoms with Crippen LogP contribution in [0.3, 0.4) is 0 Å². The van der Waals surface area contributed by atoms with Gasteiger partial charge in [0.1, 0.15) is 5.60 Å². The fraction of sp³-hybridized carbons (Fsp3) is 0.429. The number of amides is 1. The highest BCUT2D eigenvalue weighted by Crippen LogP contribution is 2.28. The highest BCUT2D eigenvalue weighted by Gasteiger charge is 2.23. The van der Waals surface area contributed by atoms with Gasteiger partial charge in [0, 0.05) is 42.1 Å². The number of carboxylic acid groups (broad SMARTS) is 1. The van der Waals surface area contributed by atoms with Gasteiger partial charge < -0.3 is 25.5 Å². The number of benzene rings is 2. The topological polar surface area (TPSA) is 103 Å². The first-order valence-corrected chi connectivity index (χ1v) is 12.2. The predicted octanol–water partition coefficient (Wildman–Crippen LogP) is 5.50. The van der Waals surface area contributed by atoms with Crippen LogP contribution in [0.4, 0.5) is 4.79 Å². The van der Waals surface area contributed by atoms with Crippen molar-refractivity contribution in [1.29, 1.82) is 0 Å². The molecule has 0 bridgehead atoms. The number of aromatic amines is 1. The van der Waals surface area contributed by atoms with Gasteiger partial charge in [-0.05, 0) is 69.7 Å². The van der Waals surface area contributed by atoms with Gasteiger partial charge in [-0.25, -0.2) is 4.79 Å². The fourth-order valence-corrected chi connectivity index (χ4v) is 4.25. The predicted molar refractivity (Wildman–Crippen MR) is 139 cm³/mol. The van der Waals surface area contributed by atoms with Crippen molar-refractivity contribution in [3.8, 4) is 0 Å². The van der Waals surface area contributed by atoms with Crippen LogP contribution in [-0.4, -0.2) is 40.3 Å². The number of carboxylic acids is 1. The number of carbonyl (C=O) groups is 2. The molecule has 2 aromatic carbocycles. The van der Waals surface area contributed by atoms with Crippen LogP contribution in [-0.2, 0) is 16.0 Å². The monoisotopic (exact) mass is 479 g/mol. The molecule has 1 unspecified atom stereocenters. The van der Waals surface area contributed by atoms with E-state index in [0.29, 0.717) is 13.0 Å². The summed E-state index contributed by atoms with van der Waals surface area (Å²) < 4.78 is 5.42. The first-order chi connectivity index (χ1) is 16.6. The largest absolute Gasteiger partial charge is 0.481 e. The summed E-state index contributed by atoms with van der Waals surface area (Å²) in [6.07, 6.45) is 3.57. The van der Waals surface area contributed by atoms with E-state index in [0.717, 1.165) is 29.3 Å². The maximum atomic E-state index is 12.4. The first-order valence-electron chi connectivity index (χ1n) is 12.2. The minimum Gasteiger partial charge on any atom is -0.481 e. The molecule has 7 nitrogen and oxygen atoms in total. The van der Waals surface area contributed by atoms with Gasteiger partial charge in [-0.3, -0.25) is 4.79 Å². The standard InChI is InChI=1S/C28H37N3O4/c1-19-9-5-6-10-20(19)13-14-21(17-30-27(34)35-28(2,3)4)31-25(15-16-26(32)33)23-18-29-24-12-8-7-11-22(23)24/h5-12,18,21,25,29,31H,13-17H2,1-4H3,(H,30,34)(H,32,33)/t21?,25-/m1/s1. The molecule has 1 aromatic heterocycles. The molecule has 1 heterocycles. The number of para-hydroxylation sites is 1. The van der Waals surface area contributed by atoms with E-state index in [1.165, 1.54) is 11.1 Å². The van der Waals surface area contributed by atoms with Crippen molar-refractivity contribution >= 4 is 23.0 Å². The van der Waals surface area contributed by atoms with Gasteiger partial charge >= 0.3 is 12.1 Å². The van der Waals surface area contributed by atoms with Crippen LogP contribution in [0, 0.1) is 6.92 Å². The van der Waals surface area contributed by atoms with Crippen LogP contribution < -0.4 is 10.6 Å². The normalized spacial score (nSPS) is 13.4. The number of H-pyrrole nitrogens is 1. The molecule has 7 heteroatoms. The van der Waals surface area contributed by atoms with Gasteiger partial charge in [-0.1, -0.05) is 42.5 Å². The molecule has 188 valence electrons. The van der Waals surface area contributed by atoms with Crippen molar-refractivity contribution in [2.24, 2.45) is 0 Å². The number of hydrogen-bond acceptors (Lipinski definition) is 4. The summed E-state index contributed by atoms with van der Waals surface area (Å²) >= 11 is 0. The number of aromatic nitrogens is 1. The van der Waals surface area contributed by atoms with E-state index in [2.05, 4.69) is 34.7 Å². The number of hydrogen-bond donors (Lipinski definition) is 4. The molecular weight excluding hydrogens is 442 g/mol. The summed E-state index contributed by atoms with van der Waals surface area (Å²) in [6, 6.07) is 16.0. The van der Waals surface area contributed by atoms with Gasteiger partial charge in [-0.15, -0.1) is 0 Å². The molecule has 3 aromatic rings. The summed E-state index contributed by atoms with van der Waals surface area (Å²) in [5.41, 5.74) is 3.94. The Balaban J connectivity index is 1.80.